The lowest BCUT2D eigenvalue weighted by molar-refractivity contribution is 0.0594. The van der Waals surface area contributed by atoms with Crippen LogP contribution in [0.25, 0.3) is 0 Å². The molecule has 0 aliphatic rings. The Bertz CT molecular complexity index is 480. The summed E-state index contributed by atoms with van der Waals surface area (Å²) in [5, 5.41) is 2.73. The van der Waals surface area contributed by atoms with Gasteiger partial charge in [-0.1, -0.05) is 11.6 Å². The van der Waals surface area contributed by atoms with Gasteiger partial charge >= 0.3 is 5.97 Å². The molecular weight excluding hydrogens is 240 g/mol. The largest absolute Gasteiger partial charge is 0.465 e. The normalized spacial score (nSPS) is 9.83. The smallest absolute Gasteiger partial charge is 0.340 e. The second-order valence-corrected chi connectivity index (χ2v) is 3.94. The molecule has 0 aliphatic carbocycles. The number of ether oxygens (including phenoxy) is 1. The molecule has 0 bridgehead atoms. The van der Waals surface area contributed by atoms with Crippen LogP contribution in [0.2, 0.25) is 0 Å². The van der Waals surface area contributed by atoms with Crippen molar-refractivity contribution in [1.29, 1.82) is 0 Å². The fraction of sp³-hybridized carbons (Fsp3) is 0.308. The Morgan fingerprint density at radius 2 is 2.00 bits per heavy atom. The third kappa shape index (κ3) is 3.29. The molecular formula is C13H15F2NO2. The summed E-state index contributed by atoms with van der Waals surface area (Å²) >= 11 is 0. The number of halogens is 2. The molecule has 3 nitrogen and oxygen atoms in total. The van der Waals surface area contributed by atoms with Gasteiger partial charge in [0.1, 0.15) is 0 Å². The zero-order valence-electron chi connectivity index (χ0n) is 10.5. The van der Waals surface area contributed by atoms with Gasteiger partial charge in [-0.3, -0.25) is 0 Å². The molecule has 0 unspecified atom stereocenters. The van der Waals surface area contributed by atoms with Crippen LogP contribution in [-0.4, -0.2) is 19.6 Å². The highest BCUT2D eigenvalue weighted by Gasteiger charge is 2.18. The van der Waals surface area contributed by atoms with E-state index in [-0.39, 0.29) is 5.69 Å². The molecule has 98 valence electrons. The van der Waals surface area contributed by atoms with Crippen LogP contribution in [0.4, 0.5) is 14.5 Å². The number of carbonyl (C=O) groups excluding carboxylic acids is 1. The van der Waals surface area contributed by atoms with Crippen molar-refractivity contribution < 1.29 is 18.3 Å². The monoisotopic (exact) mass is 255 g/mol. The minimum absolute atomic E-state index is 0.0117. The van der Waals surface area contributed by atoms with Gasteiger partial charge in [-0.25, -0.2) is 13.6 Å². The molecule has 0 saturated carbocycles. The zero-order valence-corrected chi connectivity index (χ0v) is 10.5. The van der Waals surface area contributed by atoms with E-state index in [1.165, 1.54) is 12.1 Å². The SMILES string of the molecule is COC(=O)c1ccc(NCC=C(C)C)c(F)c1F. The van der Waals surface area contributed by atoms with Gasteiger partial charge in [0.05, 0.1) is 18.4 Å². The minimum atomic E-state index is -1.20. The number of hydrogen-bond acceptors (Lipinski definition) is 3. The maximum absolute atomic E-state index is 13.6. The predicted molar refractivity (Wildman–Crippen MR) is 65.6 cm³/mol. The summed E-state index contributed by atoms with van der Waals surface area (Å²) < 4.78 is 31.5. The standard InChI is InChI=1S/C13H15F2NO2/c1-8(2)6-7-16-10-5-4-9(13(17)18-3)11(14)12(10)15/h4-6,16H,7H2,1-3H3. The lowest BCUT2D eigenvalue weighted by Crippen LogP contribution is -2.09. The highest BCUT2D eigenvalue weighted by atomic mass is 19.2. The van der Waals surface area contributed by atoms with Crippen molar-refractivity contribution in [2.75, 3.05) is 19.0 Å². The van der Waals surface area contributed by atoms with Gasteiger partial charge in [-0.15, -0.1) is 0 Å². The molecule has 0 spiro atoms. The topological polar surface area (TPSA) is 38.3 Å². The van der Waals surface area contributed by atoms with Gasteiger partial charge in [0.25, 0.3) is 0 Å². The quantitative estimate of drug-likeness (QED) is 0.663. The van der Waals surface area contributed by atoms with Crippen molar-refractivity contribution in [3.63, 3.8) is 0 Å². The van der Waals surface area contributed by atoms with Crippen LogP contribution in [0.5, 0.6) is 0 Å². The van der Waals surface area contributed by atoms with Crippen molar-refractivity contribution in [3.8, 4) is 0 Å². The van der Waals surface area contributed by atoms with Gasteiger partial charge in [0.15, 0.2) is 11.6 Å². The molecule has 1 aromatic rings. The summed E-state index contributed by atoms with van der Waals surface area (Å²) in [5.41, 5.74) is 0.662. The van der Waals surface area contributed by atoms with Gasteiger partial charge in [0.2, 0.25) is 0 Å². The highest BCUT2D eigenvalue weighted by Crippen LogP contribution is 2.21. The molecule has 18 heavy (non-hydrogen) atoms. The molecule has 0 fully saturated rings. The van der Waals surface area contributed by atoms with Gasteiger partial charge < -0.3 is 10.1 Å². The Hall–Kier alpha value is -1.91. The van der Waals surface area contributed by atoms with Crippen LogP contribution in [0.1, 0.15) is 24.2 Å². The Balaban J connectivity index is 2.94. The number of hydrogen-bond donors (Lipinski definition) is 1. The fourth-order valence-electron chi connectivity index (χ4n) is 1.32. The predicted octanol–water partition coefficient (Wildman–Crippen LogP) is 3.13. The molecule has 0 aliphatic heterocycles. The van der Waals surface area contributed by atoms with Crippen molar-refractivity contribution >= 4 is 11.7 Å². The first-order valence-electron chi connectivity index (χ1n) is 5.41. The number of allylic oxidation sites excluding steroid dienone is 1. The van der Waals surface area contributed by atoms with E-state index in [4.69, 9.17) is 0 Å². The van der Waals surface area contributed by atoms with Gasteiger partial charge in [0, 0.05) is 6.54 Å². The second-order valence-electron chi connectivity index (χ2n) is 3.94. The average Bonchev–Trinajstić information content (AvgIpc) is 2.33. The summed E-state index contributed by atoms with van der Waals surface area (Å²) in [7, 11) is 1.11. The number of methoxy groups -OCH3 is 1. The third-order valence-electron chi connectivity index (χ3n) is 2.29. The summed E-state index contributed by atoms with van der Waals surface area (Å²) in [6.07, 6.45) is 1.84. The summed E-state index contributed by atoms with van der Waals surface area (Å²) in [6, 6.07) is 2.50. The van der Waals surface area contributed by atoms with Gasteiger partial charge in [-0.05, 0) is 26.0 Å². The molecule has 0 radical (unpaired) electrons. The van der Waals surface area contributed by atoms with E-state index in [2.05, 4.69) is 10.1 Å². The Labute approximate surface area is 104 Å². The molecule has 0 aromatic heterocycles. The van der Waals surface area contributed by atoms with E-state index >= 15 is 0 Å². The number of carbonyl (C=O) groups is 1. The first kappa shape index (κ1) is 14.2. The molecule has 0 heterocycles. The third-order valence-corrected chi connectivity index (χ3v) is 2.29. The zero-order chi connectivity index (χ0) is 13.7. The van der Waals surface area contributed by atoms with E-state index in [9.17, 15) is 13.6 Å². The minimum Gasteiger partial charge on any atom is -0.465 e. The Morgan fingerprint density at radius 1 is 1.33 bits per heavy atom. The maximum Gasteiger partial charge on any atom is 0.340 e. The first-order valence-corrected chi connectivity index (χ1v) is 5.41. The van der Waals surface area contributed by atoms with Crippen molar-refractivity contribution in [3.05, 3.63) is 41.0 Å². The number of esters is 1. The molecule has 0 atom stereocenters. The average molecular weight is 255 g/mol. The molecule has 5 heteroatoms. The van der Waals surface area contributed by atoms with Crippen LogP contribution in [0.3, 0.4) is 0 Å². The lowest BCUT2D eigenvalue weighted by atomic mass is 10.1. The Kier molecular flexibility index (Phi) is 4.83. The van der Waals surface area contributed by atoms with Crippen molar-refractivity contribution in [1.82, 2.24) is 0 Å². The molecule has 0 saturated heterocycles. The van der Waals surface area contributed by atoms with Crippen molar-refractivity contribution in [2.45, 2.75) is 13.8 Å². The number of benzene rings is 1. The van der Waals surface area contributed by atoms with E-state index in [0.29, 0.717) is 6.54 Å². The van der Waals surface area contributed by atoms with E-state index in [1.807, 2.05) is 19.9 Å². The Morgan fingerprint density at radius 3 is 2.56 bits per heavy atom. The molecule has 0 amide bonds. The highest BCUT2D eigenvalue weighted by molar-refractivity contribution is 5.90. The summed E-state index contributed by atoms with van der Waals surface area (Å²) in [4.78, 5) is 11.1. The van der Waals surface area contributed by atoms with Gasteiger partial charge in [-0.2, -0.15) is 0 Å². The summed E-state index contributed by atoms with van der Waals surface area (Å²) in [5.74, 6) is -3.19. The fourth-order valence-corrected chi connectivity index (χ4v) is 1.32. The molecule has 1 rings (SSSR count). The van der Waals surface area contributed by atoms with E-state index in [1.54, 1.807) is 0 Å². The van der Waals surface area contributed by atoms with Crippen molar-refractivity contribution in [2.24, 2.45) is 0 Å². The number of rotatable bonds is 4. The van der Waals surface area contributed by atoms with Crippen LogP contribution in [0, 0.1) is 11.6 Å². The van der Waals surface area contributed by atoms with Crippen LogP contribution < -0.4 is 5.32 Å². The van der Waals surface area contributed by atoms with Crippen LogP contribution in [-0.2, 0) is 4.74 Å². The first-order chi connectivity index (χ1) is 8.47. The van der Waals surface area contributed by atoms with Crippen LogP contribution >= 0.6 is 0 Å². The summed E-state index contributed by atoms with van der Waals surface area (Å²) in [6.45, 7) is 4.19. The number of anilines is 1. The maximum atomic E-state index is 13.6. The molecule has 1 N–H and O–H groups in total. The van der Waals surface area contributed by atoms with E-state index < -0.39 is 23.2 Å². The molecule has 1 aromatic carbocycles. The lowest BCUT2D eigenvalue weighted by Gasteiger charge is -2.08. The second kappa shape index (κ2) is 6.14. The number of nitrogens with one attached hydrogen (secondary N) is 1. The van der Waals surface area contributed by atoms with Crippen LogP contribution in [0.15, 0.2) is 23.8 Å². The van der Waals surface area contributed by atoms with E-state index in [0.717, 1.165) is 12.7 Å².